The first kappa shape index (κ1) is 13.7. The van der Waals surface area contributed by atoms with Crippen LogP contribution in [0.3, 0.4) is 0 Å². The van der Waals surface area contributed by atoms with Gasteiger partial charge in [0, 0.05) is 21.0 Å². The average molecular weight is 325 g/mol. The molecule has 2 rings (SSSR count). The maximum absolute atomic E-state index is 5.95. The van der Waals surface area contributed by atoms with Crippen LogP contribution in [-0.4, -0.2) is 4.98 Å². The summed E-state index contributed by atoms with van der Waals surface area (Å²) in [6.45, 7) is 8.24. The molecule has 0 bridgehead atoms. The SMILES string of the molecule is Cc1cc(-c2nc(C)c(C(C)N)s2)cc(C)c1Br. The molecule has 2 nitrogen and oxygen atoms in total. The fourth-order valence-electron chi connectivity index (χ4n) is 2.02. The molecule has 2 N–H and O–H groups in total. The molecule has 0 aliphatic rings. The second-order valence-electron chi connectivity index (χ2n) is 4.68. The Labute approximate surface area is 120 Å². The standard InChI is InChI=1S/C14H17BrN2S/c1-7-5-11(6-8(2)12(7)15)14-17-10(4)13(18-14)9(3)16/h5-6,9H,16H2,1-4H3. The number of nitrogens with zero attached hydrogens (tertiary/aromatic N) is 1. The van der Waals surface area contributed by atoms with E-state index in [1.165, 1.54) is 26.0 Å². The monoisotopic (exact) mass is 324 g/mol. The third-order valence-corrected chi connectivity index (χ3v) is 5.59. The van der Waals surface area contributed by atoms with Gasteiger partial charge in [0.1, 0.15) is 5.01 Å². The van der Waals surface area contributed by atoms with Crippen LogP contribution in [-0.2, 0) is 0 Å². The minimum absolute atomic E-state index is 0.0499. The van der Waals surface area contributed by atoms with Crippen molar-refractivity contribution in [2.24, 2.45) is 5.73 Å². The Hall–Kier alpha value is -0.710. The molecule has 0 spiro atoms. The Morgan fingerprint density at radius 3 is 2.22 bits per heavy atom. The fourth-order valence-corrected chi connectivity index (χ4v) is 3.26. The highest BCUT2D eigenvalue weighted by Crippen LogP contribution is 2.34. The third kappa shape index (κ3) is 2.51. The summed E-state index contributed by atoms with van der Waals surface area (Å²) >= 11 is 5.28. The zero-order valence-electron chi connectivity index (χ0n) is 11.0. The smallest absolute Gasteiger partial charge is 0.123 e. The van der Waals surface area contributed by atoms with Gasteiger partial charge in [0.05, 0.1) is 5.69 Å². The number of aryl methyl sites for hydroxylation is 3. The van der Waals surface area contributed by atoms with Gasteiger partial charge < -0.3 is 5.73 Å². The molecule has 18 heavy (non-hydrogen) atoms. The van der Waals surface area contributed by atoms with Crippen LogP contribution in [0.5, 0.6) is 0 Å². The van der Waals surface area contributed by atoms with E-state index < -0.39 is 0 Å². The Morgan fingerprint density at radius 1 is 1.22 bits per heavy atom. The van der Waals surface area contributed by atoms with Crippen LogP contribution in [0.15, 0.2) is 16.6 Å². The molecule has 2 aromatic rings. The number of rotatable bonds is 2. The molecule has 1 aromatic heterocycles. The lowest BCUT2D eigenvalue weighted by Gasteiger charge is -2.05. The van der Waals surface area contributed by atoms with Crippen LogP contribution in [0.1, 0.15) is 34.7 Å². The number of hydrogen-bond donors (Lipinski definition) is 1. The molecule has 0 aliphatic heterocycles. The van der Waals surface area contributed by atoms with Crippen LogP contribution in [0, 0.1) is 20.8 Å². The molecular formula is C14H17BrN2S. The van der Waals surface area contributed by atoms with Crippen molar-refractivity contribution in [3.05, 3.63) is 38.3 Å². The van der Waals surface area contributed by atoms with E-state index in [1.54, 1.807) is 11.3 Å². The zero-order valence-corrected chi connectivity index (χ0v) is 13.4. The van der Waals surface area contributed by atoms with Crippen LogP contribution >= 0.6 is 27.3 Å². The molecule has 0 radical (unpaired) electrons. The first-order valence-electron chi connectivity index (χ1n) is 5.90. The van der Waals surface area contributed by atoms with E-state index >= 15 is 0 Å². The predicted molar refractivity (Wildman–Crippen MR) is 82.1 cm³/mol. The van der Waals surface area contributed by atoms with Crippen LogP contribution in [0.25, 0.3) is 10.6 Å². The van der Waals surface area contributed by atoms with E-state index in [4.69, 9.17) is 5.73 Å². The molecule has 1 heterocycles. The van der Waals surface area contributed by atoms with Gasteiger partial charge in [-0.2, -0.15) is 0 Å². The summed E-state index contributed by atoms with van der Waals surface area (Å²) in [6, 6.07) is 4.38. The maximum Gasteiger partial charge on any atom is 0.123 e. The number of hydrogen-bond acceptors (Lipinski definition) is 3. The molecule has 0 fully saturated rings. The van der Waals surface area contributed by atoms with Gasteiger partial charge in [0.15, 0.2) is 0 Å². The summed E-state index contributed by atoms with van der Waals surface area (Å²) in [5.74, 6) is 0. The van der Waals surface area contributed by atoms with Gasteiger partial charge in [-0.05, 0) is 51.0 Å². The lowest BCUT2D eigenvalue weighted by molar-refractivity contribution is 0.825. The topological polar surface area (TPSA) is 38.9 Å². The average Bonchev–Trinajstić information content (AvgIpc) is 2.67. The number of halogens is 1. The minimum atomic E-state index is 0.0499. The summed E-state index contributed by atoms with van der Waals surface area (Å²) < 4.78 is 1.17. The molecule has 1 atom stereocenters. The highest BCUT2D eigenvalue weighted by molar-refractivity contribution is 9.10. The van der Waals surface area contributed by atoms with Gasteiger partial charge >= 0.3 is 0 Å². The molecule has 96 valence electrons. The third-order valence-electron chi connectivity index (χ3n) is 2.93. The second-order valence-corrected chi connectivity index (χ2v) is 6.51. The fraction of sp³-hybridized carbons (Fsp3) is 0.357. The van der Waals surface area contributed by atoms with E-state index in [0.717, 1.165) is 10.7 Å². The molecule has 1 aromatic carbocycles. The summed E-state index contributed by atoms with van der Waals surface area (Å²) in [6.07, 6.45) is 0. The molecular weight excluding hydrogens is 308 g/mol. The van der Waals surface area contributed by atoms with E-state index in [0.29, 0.717) is 0 Å². The predicted octanol–water partition coefficient (Wildman–Crippen LogP) is 4.52. The molecule has 0 aliphatic carbocycles. The molecule has 0 saturated carbocycles. The summed E-state index contributed by atoms with van der Waals surface area (Å²) in [5.41, 5.74) is 10.6. The van der Waals surface area contributed by atoms with Gasteiger partial charge in [0.25, 0.3) is 0 Å². The Balaban J connectivity index is 2.52. The van der Waals surface area contributed by atoms with Gasteiger partial charge in [-0.15, -0.1) is 11.3 Å². The first-order chi connectivity index (χ1) is 8.40. The first-order valence-corrected chi connectivity index (χ1v) is 7.51. The van der Waals surface area contributed by atoms with Gasteiger partial charge in [0.2, 0.25) is 0 Å². The Morgan fingerprint density at radius 2 is 1.78 bits per heavy atom. The van der Waals surface area contributed by atoms with E-state index in [9.17, 15) is 0 Å². The van der Waals surface area contributed by atoms with E-state index in [2.05, 4.69) is 46.9 Å². The minimum Gasteiger partial charge on any atom is -0.323 e. The molecule has 0 amide bonds. The van der Waals surface area contributed by atoms with Crippen molar-refractivity contribution in [3.63, 3.8) is 0 Å². The number of thiazole rings is 1. The van der Waals surface area contributed by atoms with Crippen molar-refractivity contribution in [2.75, 3.05) is 0 Å². The maximum atomic E-state index is 5.95. The quantitative estimate of drug-likeness (QED) is 0.882. The molecule has 1 unspecified atom stereocenters. The molecule has 0 saturated heterocycles. The largest absolute Gasteiger partial charge is 0.323 e. The lowest BCUT2D eigenvalue weighted by Crippen LogP contribution is -2.03. The van der Waals surface area contributed by atoms with Crippen LogP contribution < -0.4 is 5.73 Å². The van der Waals surface area contributed by atoms with Crippen molar-refractivity contribution < 1.29 is 0 Å². The summed E-state index contributed by atoms with van der Waals surface area (Å²) in [7, 11) is 0. The second kappa shape index (κ2) is 5.11. The highest BCUT2D eigenvalue weighted by atomic mass is 79.9. The van der Waals surface area contributed by atoms with E-state index in [1.807, 2.05) is 13.8 Å². The lowest BCUT2D eigenvalue weighted by atomic mass is 10.1. The summed E-state index contributed by atoms with van der Waals surface area (Å²) in [5, 5.41) is 1.05. The van der Waals surface area contributed by atoms with Crippen molar-refractivity contribution in [1.29, 1.82) is 0 Å². The highest BCUT2D eigenvalue weighted by Gasteiger charge is 2.13. The van der Waals surface area contributed by atoms with Crippen LogP contribution in [0.2, 0.25) is 0 Å². The Bertz CT molecular complexity index is 564. The number of nitrogens with two attached hydrogens (primary N) is 1. The van der Waals surface area contributed by atoms with E-state index in [-0.39, 0.29) is 6.04 Å². The van der Waals surface area contributed by atoms with Crippen molar-refractivity contribution in [2.45, 2.75) is 33.7 Å². The number of benzene rings is 1. The molecule has 4 heteroatoms. The Kier molecular flexibility index (Phi) is 3.90. The van der Waals surface area contributed by atoms with Crippen LogP contribution in [0.4, 0.5) is 0 Å². The zero-order chi connectivity index (χ0) is 13.4. The van der Waals surface area contributed by atoms with Crippen molar-refractivity contribution in [1.82, 2.24) is 4.98 Å². The summed E-state index contributed by atoms with van der Waals surface area (Å²) in [4.78, 5) is 5.81. The normalized spacial score (nSPS) is 12.8. The van der Waals surface area contributed by atoms with Gasteiger partial charge in [-0.25, -0.2) is 4.98 Å². The van der Waals surface area contributed by atoms with Gasteiger partial charge in [-0.3, -0.25) is 0 Å². The van der Waals surface area contributed by atoms with Gasteiger partial charge in [-0.1, -0.05) is 15.9 Å². The van der Waals surface area contributed by atoms with Crippen molar-refractivity contribution >= 4 is 27.3 Å². The number of aromatic nitrogens is 1. The van der Waals surface area contributed by atoms with Crippen molar-refractivity contribution in [3.8, 4) is 10.6 Å².